The van der Waals surface area contributed by atoms with Gasteiger partial charge in [-0.25, -0.2) is 4.79 Å². The highest BCUT2D eigenvalue weighted by Gasteiger charge is 2.25. The smallest absolute Gasteiger partial charge is 0.335 e. The van der Waals surface area contributed by atoms with Crippen molar-refractivity contribution in [2.75, 3.05) is 0 Å². The Morgan fingerprint density at radius 3 is 2.21 bits per heavy atom. The number of aliphatic hydroxyl groups excluding tert-OH is 1. The van der Waals surface area contributed by atoms with Crippen LogP contribution in [0.2, 0.25) is 0 Å². The average Bonchev–Trinajstić information content (AvgIpc) is 2.16. The van der Waals surface area contributed by atoms with Crippen LogP contribution in [0.5, 0.6) is 0 Å². The molecule has 0 spiro atoms. The number of carboxylic acid groups (broad SMARTS) is 1. The van der Waals surface area contributed by atoms with E-state index in [0.29, 0.717) is 12.8 Å². The highest BCUT2D eigenvalue weighted by Crippen LogP contribution is 2.37. The van der Waals surface area contributed by atoms with Crippen LogP contribution in [0.4, 0.5) is 0 Å². The molecule has 0 aliphatic heterocycles. The van der Waals surface area contributed by atoms with Gasteiger partial charge in [-0.15, -0.1) is 0 Å². The van der Waals surface area contributed by atoms with E-state index in [0.717, 1.165) is 19.3 Å². The van der Waals surface area contributed by atoms with Crippen molar-refractivity contribution in [3.8, 4) is 0 Å². The van der Waals surface area contributed by atoms with Crippen LogP contribution in [0.15, 0.2) is 22.5 Å². The van der Waals surface area contributed by atoms with Gasteiger partial charge in [-0.2, -0.15) is 0 Å². The Morgan fingerprint density at radius 2 is 1.64 bits per heavy atom. The summed E-state index contributed by atoms with van der Waals surface area (Å²) in [6.07, 6.45) is 5.31. The molecule has 2 aliphatic rings. The molecular formula is C11H14O3. The van der Waals surface area contributed by atoms with Crippen LogP contribution in [0.3, 0.4) is 0 Å². The standard InChI is InChI=1S/C11H14O3/c12-10-6-8-4-2-1-3-7(8)5-9(10)11(13)14/h12H,1-6H2,(H,13,14). The molecule has 3 heteroatoms. The minimum Gasteiger partial charge on any atom is -0.511 e. The first kappa shape index (κ1) is 9.31. The highest BCUT2D eigenvalue weighted by atomic mass is 16.4. The third-order valence-electron chi connectivity index (χ3n) is 3.08. The molecule has 0 saturated carbocycles. The Bertz CT molecular complexity index is 336. The number of aliphatic carboxylic acids is 1. The van der Waals surface area contributed by atoms with Crippen LogP contribution < -0.4 is 0 Å². The predicted octanol–water partition coefficient (Wildman–Crippen LogP) is 2.55. The zero-order valence-corrected chi connectivity index (χ0v) is 8.05. The second-order valence-electron chi connectivity index (χ2n) is 4.00. The third-order valence-corrected chi connectivity index (χ3v) is 3.08. The Balaban J connectivity index is 2.23. The van der Waals surface area contributed by atoms with Crippen LogP contribution >= 0.6 is 0 Å². The van der Waals surface area contributed by atoms with Crippen molar-refractivity contribution in [2.45, 2.75) is 38.5 Å². The maximum atomic E-state index is 10.8. The van der Waals surface area contributed by atoms with Crippen molar-refractivity contribution in [3.63, 3.8) is 0 Å². The van der Waals surface area contributed by atoms with Crippen molar-refractivity contribution < 1.29 is 15.0 Å². The molecule has 0 saturated heterocycles. The molecule has 2 rings (SSSR count). The van der Waals surface area contributed by atoms with Crippen LogP contribution in [-0.2, 0) is 4.79 Å². The number of allylic oxidation sites excluding steroid dienone is 2. The van der Waals surface area contributed by atoms with Crippen LogP contribution in [0.1, 0.15) is 38.5 Å². The summed E-state index contributed by atoms with van der Waals surface area (Å²) in [6, 6.07) is 0. The Hall–Kier alpha value is -1.25. The monoisotopic (exact) mass is 194 g/mol. The Labute approximate surface area is 82.7 Å². The molecule has 2 N–H and O–H groups in total. The van der Waals surface area contributed by atoms with Crippen molar-refractivity contribution in [3.05, 3.63) is 22.5 Å². The van der Waals surface area contributed by atoms with Gasteiger partial charge < -0.3 is 10.2 Å². The van der Waals surface area contributed by atoms with Gasteiger partial charge in [0.05, 0.1) is 5.57 Å². The number of hydrogen-bond acceptors (Lipinski definition) is 2. The summed E-state index contributed by atoms with van der Waals surface area (Å²) in [6.45, 7) is 0. The molecule has 0 bridgehead atoms. The lowest BCUT2D eigenvalue weighted by atomic mass is 9.81. The summed E-state index contributed by atoms with van der Waals surface area (Å²) in [5.41, 5.74) is 2.73. The van der Waals surface area contributed by atoms with Crippen LogP contribution in [0, 0.1) is 0 Å². The molecule has 0 atom stereocenters. The van der Waals surface area contributed by atoms with E-state index >= 15 is 0 Å². The fourth-order valence-corrected chi connectivity index (χ4v) is 2.28. The summed E-state index contributed by atoms with van der Waals surface area (Å²) < 4.78 is 0. The Morgan fingerprint density at radius 1 is 1.07 bits per heavy atom. The second kappa shape index (κ2) is 3.48. The maximum absolute atomic E-state index is 10.8. The van der Waals surface area contributed by atoms with E-state index in [9.17, 15) is 9.90 Å². The van der Waals surface area contributed by atoms with Gasteiger partial charge in [0.25, 0.3) is 0 Å². The lowest BCUT2D eigenvalue weighted by molar-refractivity contribution is -0.133. The summed E-state index contributed by atoms with van der Waals surface area (Å²) in [5, 5.41) is 18.4. The quantitative estimate of drug-likeness (QED) is 0.630. The first-order valence-electron chi connectivity index (χ1n) is 5.02. The van der Waals surface area contributed by atoms with Gasteiger partial charge in [0.1, 0.15) is 5.76 Å². The van der Waals surface area contributed by atoms with Gasteiger partial charge in [0.2, 0.25) is 0 Å². The number of carbonyl (C=O) groups is 1. The van der Waals surface area contributed by atoms with Gasteiger partial charge >= 0.3 is 5.97 Å². The van der Waals surface area contributed by atoms with Crippen LogP contribution in [-0.4, -0.2) is 16.2 Å². The molecule has 76 valence electrons. The van der Waals surface area contributed by atoms with E-state index in [1.165, 1.54) is 17.6 Å². The minimum atomic E-state index is -0.973. The fraction of sp³-hybridized carbons (Fsp3) is 0.545. The molecule has 0 amide bonds. The van der Waals surface area contributed by atoms with Crippen molar-refractivity contribution >= 4 is 5.97 Å². The lowest BCUT2D eigenvalue weighted by Crippen LogP contribution is -2.14. The summed E-state index contributed by atoms with van der Waals surface area (Å²) in [7, 11) is 0. The molecule has 3 nitrogen and oxygen atoms in total. The lowest BCUT2D eigenvalue weighted by Gasteiger charge is -2.25. The SMILES string of the molecule is O=C(O)C1=C(O)CC2=C(CCCC2)C1. The molecular weight excluding hydrogens is 180 g/mol. The Kier molecular flexibility index (Phi) is 2.32. The number of rotatable bonds is 1. The molecule has 0 unspecified atom stereocenters. The predicted molar refractivity (Wildman–Crippen MR) is 52.0 cm³/mol. The number of hydrogen-bond donors (Lipinski definition) is 2. The summed E-state index contributed by atoms with van der Waals surface area (Å²) >= 11 is 0. The average molecular weight is 194 g/mol. The van der Waals surface area contributed by atoms with E-state index in [2.05, 4.69) is 0 Å². The maximum Gasteiger partial charge on any atom is 0.335 e. The minimum absolute atomic E-state index is 0.0677. The fourth-order valence-electron chi connectivity index (χ4n) is 2.28. The molecule has 0 fully saturated rings. The zero-order chi connectivity index (χ0) is 10.1. The van der Waals surface area contributed by atoms with Crippen LogP contribution in [0.25, 0.3) is 0 Å². The van der Waals surface area contributed by atoms with Gasteiger partial charge in [0.15, 0.2) is 0 Å². The molecule has 0 aromatic carbocycles. The molecule has 14 heavy (non-hydrogen) atoms. The largest absolute Gasteiger partial charge is 0.511 e. The first-order chi connectivity index (χ1) is 6.68. The first-order valence-corrected chi connectivity index (χ1v) is 5.02. The van der Waals surface area contributed by atoms with Gasteiger partial charge in [0, 0.05) is 12.8 Å². The topological polar surface area (TPSA) is 57.5 Å². The molecule has 0 radical (unpaired) electrons. The summed E-state index contributed by atoms with van der Waals surface area (Å²) in [4.78, 5) is 10.8. The molecule has 0 aromatic heterocycles. The van der Waals surface area contributed by atoms with E-state index in [4.69, 9.17) is 5.11 Å². The van der Waals surface area contributed by atoms with Gasteiger partial charge in [-0.1, -0.05) is 11.1 Å². The van der Waals surface area contributed by atoms with Gasteiger partial charge in [-0.3, -0.25) is 0 Å². The van der Waals surface area contributed by atoms with E-state index < -0.39 is 5.97 Å². The van der Waals surface area contributed by atoms with Gasteiger partial charge in [-0.05, 0) is 25.7 Å². The molecule has 0 aromatic rings. The third kappa shape index (κ3) is 1.54. The summed E-state index contributed by atoms with van der Waals surface area (Å²) in [5.74, 6) is -0.905. The number of carboxylic acids is 1. The van der Waals surface area contributed by atoms with Crippen molar-refractivity contribution in [1.82, 2.24) is 0 Å². The molecule has 2 aliphatic carbocycles. The van der Waals surface area contributed by atoms with Crippen molar-refractivity contribution in [2.24, 2.45) is 0 Å². The zero-order valence-electron chi connectivity index (χ0n) is 8.05. The van der Waals surface area contributed by atoms with E-state index in [1.54, 1.807) is 0 Å². The van der Waals surface area contributed by atoms with E-state index in [1.807, 2.05) is 0 Å². The van der Waals surface area contributed by atoms with E-state index in [-0.39, 0.29) is 11.3 Å². The highest BCUT2D eigenvalue weighted by molar-refractivity contribution is 5.88. The van der Waals surface area contributed by atoms with Crippen molar-refractivity contribution in [1.29, 1.82) is 0 Å². The second-order valence-corrected chi connectivity index (χ2v) is 4.00. The normalized spacial score (nSPS) is 22.3. The molecule has 0 heterocycles. The number of aliphatic hydroxyl groups is 1.